The van der Waals surface area contributed by atoms with Crippen molar-refractivity contribution in [3.63, 3.8) is 0 Å². The van der Waals surface area contributed by atoms with Crippen LogP contribution in [0.2, 0.25) is 0 Å². The molecule has 1 aliphatic heterocycles. The predicted octanol–water partition coefficient (Wildman–Crippen LogP) is 18.9. The van der Waals surface area contributed by atoms with Crippen molar-refractivity contribution in [2.45, 2.75) is 403 Å². The fraction of sp³-hybridized carbons (Fsp3) is 0.929. The van der Waals surface area contributed by atoms with Gasteiger partial charge in [-0.3, -0.25) is 4.79 Å². The maximum Gasteiger partial charge on any atom is 0.220 e. The molecular formula is C70H135NO8. The van der Waals surface area contributed by atoms with E-state index in [4.69, 9.17) is 9.47 Å². The van der Waals surface area contributed by atoms with E-state index in [1.165, 1.54) is 302 Å². The van der Waals surface area contributed by atoms with Gasteiger partial charge in [-0.2, -0.15) is 0 Å². The van der Waals surface area contributed by atoms with Crippen LogP contribution in [0, 0.1) is 0 Å². The molecule has 0 aromatic heterocycles. The van der Waals surface area contributed by atoms with Gasteiger partial charge in [-0.1, -0.05) is 346 Å². The summed E-state index contributed by atoms with van der Waals surface area (Å²) in [6.45, 7) is 3.82. The Morgan fingerprint density at radius 2 is 0.722 bits per heavy atom. The lowest BCUT2D eigenvalue weighted by molar-refractivity contribution is -0.302. The summed E-state index contributed by atoms with van der Waals surface area (Å²) < 4.78 is 11.3. The SMILES string of the molecule is CCCCCCCCCCCCCCCCCCCC/C=C/CC/C=C/C(O)C(COC1OC(CO)C(O)C(O)C1O)NC(=O)CCCCCCCCCCCCCCCCCCCCCCCCCCCCCCCCCC. The Bertz CT molecular complexity index is 1300. The van der Waals surface area contributed by atoms with Gasteiger partial charge in [-0.05, 0) is 32.1 Å². The molecule has 0 aromatic rings. The molecule has 0 bridgehead atoms. The molecule has 9 heteroatoms. The van der Waals surface area contributed by atoms with Crippen LogP contribution in [0.25, 0.3) is 0 Å². The Labute approximate surface area is 489 Å². The van der Waals surface area contributed by atoms with E-state index in [1.807, 2.05) is 6.08 Å². The van der Waals surface area contributed by atoms with Gasteiger partial charge in [-0.15, -0.1) is 0 Å². The highest BCUT2D eigenvalue weighted by Gasteiger charge is 2.44. The van der Waals surface area contributed by atoms with E-state index in [0.29, 0.717) is 6.42 Å². The first-order valence-electron chi connectivity index (χ1n) is 35.1. The van der Waals surface area contributed by atoms with Crippen molar-refractivity contribution in [2.24, 2.45) is 0 Å². The van der Waals surface area contributed by atoms with E-state index < -0.39 is 49.5 Å². The Hall–Kier alpha value is -1.33. The lowest BCUT2D eigenvalue weighted by Gasteiger charge is -2.40. The van der Waals surface area contributed by atoms with Gasteiger partial charge in [0.05, 0.1) is 25.4 Å². The van der Waals surface area contributed by atoms with Crippen molar-refractivity contribution in [3.05, 3.63) is 24.3 Å². The van der Waals surface area contributed by atoms with Crippen LogP contribution in [-0.2, 0) is 14.3 Å². The largest absolute Gasteiger partial charge is 0.394 e. The van der Waals surface area contributed by atoms with Crippen LogP contribution >= 0.6 is 0 Å². The zero-order valence-electron chi connectivity index (χ0n) is 52.4. The highest BCUT2D eigenvalue weighted by atomic mass is 16.7. The Kier molecular flexibility index (Phi) is 57.3. The van der Waals surface area contributed by atoms with Crippen LogP contribution in [0.15, 0.2) is 24.3 Å². The Balaban J connectivity index is 2.12. The first kappa shape index (κ1) is 75.7. The third kappa shape index (κ3) is 48.7. The monoisotopic (exact) mass is 1120 g/mol. The minimum atomic E-state index is -1.57. The highest BCUT2D eigenvalue weighted by Crippen LogP contribution is 2.23. The summed E-state index contributed by atoms with van der Waals surface area (Å²) in [6.07, 6.45) is 71.5. The van der Waals surface area contributed by atoms with Gasteiger partial charge in [0.25, 0.3) is 0 Å². The molecule has 1 aliphatic rings. The summed E-state index contributed by atoms with van der Waals surface area (Å²) >= 11 is 0. The van der Waals surface area contributed by atoms with Crippen LogP contribution < -0.4 is 5.32 Å². The van der Waals surface area contributed by atoms with E-state index >= 15 is 0 Å². The van der Waals surface area contributed by atoms with Crippen molar-refractivity contribution in [3.8, 4) is 0 Å². The van der Waals surface area contributed by atoms with Crippen LogP contribution in [0.1, 0.15) is 361 Å². The molecule has 9 nitrogen and oxygen atoms in total. The molecule has 0 aromatic carbocycles. The normalized spacial score (nSPS) is 18.6. The Morgan fingerprint density at radius 3 is 1.06 bits per heavy atom. The van der Waals surface area contributed by atoms with Gasteiger partial charge >= 0.3 is 0 Å². The average Bonchev–Trinajstić information content (AvgIpc) is 3.47. The van der Waals surface area contributed by atoms with Gasteiger partial charge in [-0.25, -0.2) is 0 Å². The zero-order valence-corrected chi connectivity index (χ0v) is 52.4. The second kappa shape index (κ2) is 59.8. The van der Waals surface area contributed by atoms with Gasteiger partial charge in [0.2, 0.25) is 5.91 Å². The molecule has 7 atom stereocenters. The number of allylic oxidation sites excluding steroid dienone is 3. The first-order valence-corrected chi connectivity index (χ1v) is 35.1. The summed E-state index contributed by atoms with van der Waals surface area (Å²) in [5, 5.41) is 54.7. The lowest BCUT2D eigenvalue weighted by Crippen LogP contribution is -2.60. The topological polar surface area (TPSA) is 149 Å². The number of rotatable bonds is 62. The second-order valence-electron chi connectivity index (χ2n) is 24.7. The predicted molar refractivity (Wildman–Crippen MR) is 337 cm³/mol. The lowest BCUT2D eigenvalue weighted by atomic mass is 9.99. The highest BCUT2D eigenvalue weighted by molar-refractivity contribution is 5.76. The minimum Gasteiger partial charge on any atom is -0.394 e. The molecule has 79 heavy (non-hydrogen) atoms. The van der Waals surface area contributed by atoms with Crippen LogP contribution in [-0.4, -0.2) is 87.5 Å². The van der Waals surface area contributed by atoms with Crippen LogP contribution in [0.3, 0.4) is 0 Å². The number of carbonyl (C=O) groups is 1. The molecule has 468 valence electrons. The third-order valence-electron chi connectivity index (χ3n) is 17.0. The van der Waals surface area contributed by atoms with E-state index in [9.17, 15) is 30.3 Å². The quantitative estimate of drug-likeness (QED) is 0.0261. The summed E-state index contributed by atoms with van der Waals surface area (Å²) in [5.41, 5.74) is 0. The van der Waals surface area contributed by atoms with E-state index in [2.05, 4.69) is 31.3 Å². The molecule has 1 rings (SSSR count). The zero-order chi connectivity index (χ0) is 57.2. The molecule has 0 radical (unpaired) electrons. The van der Waals surface area contributed by atoms with Gasteiger partial charge in [0.1, 0.15) is 24.4 Å². The van der Waals surface area contributed by atoms with Gasteiger partial charge in [0, 0.05) is 6.42 Å². The smallest absolute Gasteiger partial charge is 0.220 e. The number of ether oxygens (including phenoxy) is 2. The Morgan fingerprint density at radius 1 is 0.418 bits per heavy atom. The van der Waals surface area contributed by atoms with E-state index in [0.717, 1.165) is 38.5 Å². The molecule has 1 amide bonds. The summed E-state index contributed by atoms with van der Waals surface area (Å²) in [4.78, 5) is 13.1. The minimum absolute atomic E-state index is 0.178. The third-order valence-corrected chi connectivity index (χ3v) is 17.0. The molecule has 0 spiro atoms. The van der Waals surface area contributed by atoms with Crippen molar-refractivity contribution in [1.82, 2.24) is 5.32 Å². The molecule has 7 unspecified atom stereocenters. The maximum absolute atomic E-state index is 13.1. The van der Waals surface area contributed by atoms with Gasteiger partial charge < -0.3 is 40.3 Å². The van der Waals surface area contributed by atoms with Crippen LogP contribution in [0.5, 0.6) is 0 Å². The number of aliphatic hydroxyl groups excluding tert-OH is 5. The fourth-order valence-electron chi connectivity index (χ4n) is 11.5. The summed E-state index contributed by atoms with van der Waals surface area (Å²) in [6, 6.07) is -0.820. The number of unbranched alkanes of at least 4 members (excludes halogenated alkanes) is 50. The van der Waals surface area contributed by atoms with E-state index in [-0.39, 0.29) is 12.5 Å². The second-order valence-corrected chi connectivity index (χ2v) is 24.7. The summed E-state index contributed by atoms with van der Waals surface area (Å²) in [5.74, 6) is -0.178. The van der Waals surface area contributed by atoms with E-state index in [1.54, 1.807) is 6.08 Å². The maximum atomic E-state index is 13.1. The number of aliphatic hydroxyl groups is 5. The van der Waals surface area contributed by atoms with Crippen molar-refractivity contribution in [2.75, 3.05) is 13.2 Å². The van der Waals surface area contributed by atoms with Crippen molar-refractivity contribution in [1.29, 1.82) is 0 Å². The molecule has 1 heterocycles. The number of nitrogens with one attached hydrogen (secondary N) is 1. The van der Waals surface area contributed by atoms with Crippen molar-refractivity contribution >= 4 is 5.91 Å². The average molecular weight is 1120 g/mol. The summed E-state index contributed by atoms with van der Waals surface area (Å²) in [7, 11) is 0. The molecule has 1 fully saturated rings. The van der Waals surface area contributed by atoms with Crippen molar-refractivity contribution < 1.29 is 39.8 Å². The number of amides is 1. The molecule has 1 saturated heterocycles. The molecule has 0 aliphatic carbocycles. The fourth-order valence-corrected chi connectivity index (χ4v) is 11.5. The number of carbonyl (C=O) groups excluding carboxylic acids is 1. The molecular weight excluding hydrogens is 983 g/mol. The number of hydrogen-bond donors (Lipinski definition) is 6. The standard InChI is InChI=1S/C70H135NO8/c1-3-5-7-9-11-13-15-17-19-21-23-25-27-29-30-31-32-33-34-35-36-38-40-42-44-46-48-50-52-54-56-58-60-66(74)71-63(62-78-70-69(77)68(76)67(75)65(61-72)79-70)64(73)59-57-55-53-51-49-47-45-43-41-39-37-28-26-24-22-20-18-16-14-12-10-8-6-4-2/h49,51,57,59,63-65,67-70,72-73,75-77H,3-48,50,52-56,58,60-62H2,1-2H3,(H,71,74)/b51-49+,59-57+. The first-order chi connectivity index (χ1) is 38.8. The number of hydrogen-bond acceptors (Lipinski definition) is 8. The molecule has 0 saturated carbocycles. The van der Waals surface area contributed by atoms with Gasteiger partial charge in [0.15, 0.2) is 6.29 Å². The molecule has 6 N–H and O–H groups in total. The van der Waals surface area contributed by atoms with Crippen LogP contribution in [0.4, 0.5) is 0 Å².